The van der Waals surface area contributed by atoms with Gasteiger partial charge < -0.3 is 4.43 Å². The molecule has 6 nitrogen and oxygen atoms in total. The minimum absolute atomic E-state index is 0.116. The maximum Gasteiger partial charge on any atom is 0.192 e. The summed E-state index contributed by atoms with van der Waals surface area (Å²) < 4.78 is 22.1. The number of halogens is 1. The van der Waals surface area contributed by atoms with Crippen LogP contribution in [0.25, 0.3) is 11.1 Å². The predicted molar refractivity (Wildman–Crippen MR) is 158 cm³/mol. The lowest BCUT2D eigenvalue weighted by Gasteiger charge is -2.36. The molecule has 0 aliphatic carbocycles. The van der Waals surface area contributed by atoms with E-state index in [0.717, 1.165) is 32.2 Å². The summed E-state index contributed by atoms with van der Waals surface area (Å²) in [5, 5.41) is 9.44. The third-order valence-electron chi connectivity index (χ3n) is 6.43. The summed E-state index contributed by atoms with van der Waals surface area (Å²) in [4.78, 5) is 5.55. The Balaban J connectivity index is 1.97. The van der Waals surface area contributed by atoms with Gasteiger partial charge in [-0.15, -0.1) is 0 Å². The van der Waals surface area contributed by atoms with Gasteiger partial charge in [-0.25, -0.2) is 13.9 Å². The molecule has 0 amide bonds. The zero-order chi connectivity index (χ0) is 27.4. The van der Waals surface area contributed by atoms with Crippen LogP contribution in [0.1, 0.15) is 52.7 Å². The first kappa shape index (κ1) is 29.9. The molecule has 0 spiro atoms. The largest absolute Gasteiger partial charge is 0.412 e. The van der Waals surface area contributed by atoms with Crippen LogP contribution in [0.15, 0.2) is 58.8 Å². The smallest absolute Gasteiger partial charge is 0.192 e. The van der Waals surface area contributed by atoms with Gasteiger partial charge in [0.25, 0.3) is 0 Å². The Kier molecular flexibility index (Phi) is 9.75. The Hall–Kier alpha value is -1.62. The van der Waals surface area contributed by atoms with Crippen LogP contribution in [-0.2, 0) is 28.6 Å². The lowest BCUT2D eigenvalue weighted by molar-refractivity contribution is 0.273. The highest BCUT2D eigenvalue weighted by Gasteiger charge is 2.37. The summed E-state index contributed by atoms with van der Waals surface area (Å²) in [5.74, 6) is 0. The van der Waals surface area contributed by atoms with E-state index < -0.39 is 19.3 Å². The Labute approximate surface area is 234 Å². The van der Waals surface area contributed by atoms with E-state index in [1.54, 1.807) is 18.6 Å². The lowest BCUT2D eigenvalue weighted by Crippen LogP contribution is -2.40. The molecule has 200 valence electrons. The second kappa shape index (κ2) is 12.0. The average molecular weight is 577 g/mol. The standard InChI is InChI=1S/C27H37ClN4O2S2Si/c1-26(2,3)36(33)32-17-22-14-21(19-11-13-30-31-16-19)15-23(28)24(22)35-25-20(10-9-12-29-25)18-34-37(7,8)27(4,5)6/h9-16,32H,17-18H2,1-8H3. The number of rotatable bonds is 9. The number of hydrogen-bond donors (Lipinski definition) is 1. The number of nitrogens with zero attached hydrogens (tertiary/aromatic N) is 3. The van der Waals surface area contributed by atoms with Crippen LogP contribution >= 0.6 is 23.4 Å². The summed E-state index contributed by atoms with van der Waals surface area (Å²) in [6, 6.07) is 9.88. The minimum atomic E-state index is -1.93. The van der Waals surface area contributed by atoms with E-state index in [2.05, 4.69) is 65.9 Å². The van der Waals surface area contributed by atoms with Gasteiger partial charge in [-0.3, -0.25) is 0 Å². The molecule has 3 rings (SSSR count). The molecule has 3 aromatic rings. The highest BCUT2D eigenvalue weighted by atomic mass is 35.5. The molecule has 1 unspecified atom stereocenters. The number of nitrogens with one attached hydrogen (secondary N) is 1. The Morgan fingerprint density at radius 3 is 2.38 bits per heavy atom. The zero-order valence-corrected chi connectivity index (χ0v) is 26.3. The fourth-order valence-corrected chi connectivity index (χ4v) is 6.09. The van der Waals surface area contributed by atoms with E-state index in [1.165, 1.54) is 11.8 Å². The SMILES string of the molecule is CC(C)(C)S(=O)NCc1cc(-c2ccnnc2)cc(Cl)c1Sc1ncccc1CO[Si](C)(C)C(C)(C)C. The van der Waals surface area contributed by atoms with Gasteiger partial charge >= 0.3 is 0 Å². The quantitative estimate of drug-likeness (QED) is 0.267. The molecule has 1 aromatic carbocycles. The summed E-state index contributed by atoms with van der Waals surface area (Å²) in [5.41, 5.74) is 3.79. The number of aromatic nitrogens is 3. The molecular formula is C27H37ClN4O2S2Si. The van der Waals surface area contributed by atoms with Crippen molar-refractivity contribution < 1.29 is 8.63 Å². The molecule has 0 saturated carbocycles. The fraction of sp³-hybridized carbons (Fsp3) is 0.444. The minimum Gasteiger partial charge on any atom is -0.412 e. The maximum absolute atomic E-state index is 12.8. The van der Waals surface area contributed by atoms with Crippen molar-refractivity contribution >= 4 is 42.7 Å². The molecule has 1 N–H and O–H groups in total. The molecule has 0 fully saturated rings. The normalized spacial score (nSPS) is 13.5. The first-order valence-electron chi connectivity index (χ1n) is 12.2. The summed E-state index contributed by atoms with van der Waals surface area (Å²) >= 11 is 8.40. The van der Waals surface area contributed by atoms with Crippen molar-refractivity contribution in [2.24, 2.45) is 0 Å². The third kappa shape index (κ3) is 7.94. The molecule has 2 heterocycles. The zero-order valence-electron chi connectivity index (χ0n) is 22.9. The van der Waals surface area contributed by atoms with Crippen LogP contribution in [0.3, 0.4) is 0 Å². The molecule has 37 heavy (non-hydrogen) atoms. The van der Waals surface area contributed by atoms with E-state index in [0.29, 0.717) is 18.2 Å². The van der Waals surface area contributed by atoms with Crippen molar-refractivity contribution in [1.82, 2.24) is 19.9 Å². The Morgan fingerprint density at radius 2 is 1.76 bits per heavy atom. The second-order valence-corrected chi connectivity index (χ2v) is 19.7. The van der Waals surface area contributed by atoms with Crippen LogP contribution < -0.4 is 4.72 Å². The van der Waals surface area contributed by atoms with Gasteiger partial charge in [-0.05, 0) is 74.3 Å². The highest BCUT2D eigenvalue weighted by Crippen LogP contribution is 2.41. The molecule has 0 bridgehead atoms. The van der Waals surface area contributed by atoms with Crippen molar-refractivity contribution in [1.29, 1.82) is 0 Å². The Morgan fingerprint density at radius 1 is 1.03 bits per heavy atom. The van der Waals surface area contributed by atoms with E-state index >= 15 is 0 Å². The van der Waals surface area contributed by atoms with E-state index in [1.807, 2.05) is 39.0 Å². The summed E-state index contributed by atoms with van der Waals surface area (Å²) in [7, 11) is -3.16. The van der Waals surface area contributed by atoms with Crippen LogP contribution in [0.5, 0.6) is 0 Å². The molecular weight excluding hydrogens is 540 g/mol. The molecule has 1 atom stereocenters. The molecule has 2 aromatic heterocycles. The van der Waals surface area contributed by atoms with E-state index in [4.69, 9.17) is 16.0 Å². The third-order valence-corrected chi connectivity index (χ3v) is 14.1. The predicted octanol–water partition coefficient (Wildman–Crippen LogP) is 7.42. The molecule has 10 heteroatoms. The topological polar surface area (TPSA) is 77.0 Å². The number of hydrogen-bond acceptors (Lipinski definition) is 6. The second-order valence-electron chi connectivity index (χ2n) is 11.4. The highest BCUT2D eigenvalue weighted by molar-refractivity contribution is 7.99. The van der Waals surface area contributed by atoms with Crippen LogP contribution in [0.4, 0.5) is 0 Å². The maximum atomic E-state index is 12.8. The first-order chi connectivity index (χ1) is 17.2. The summed E-state index contributed by atoms with van der Waals surface area (Å²) in [6.07, 6.45) is 5.15. The average Bonchev–Trinajstić information content (AvgIpc) is 2.82. The van der Waals surface area contributed by atoms with Crippen molar-refractivity contribution in [2.75, 3.05) is 0 Å². The summed E-state index contributed by atoms with van der Waals surface area (Å²) in [6.45, 7) is 17.9. The van der Waals surface area contributed by atoms with Crippen LogP contribution in [0.2, 0.25) is 23.2 Å². The van der Waals surface area contributed by atoms with Gasteiger partial charge in [-0.2, -0.15) is 10.2 Å². The Bertz CT molecular complexity index is 1250. The van der Waals surface area contributed by atoms with Crippen molar-refractivity contribution in [3.63, 3.8) is 0 Å². The monoisotopic (exact) mass is 576 g/mol. The molecule has 0 saturated heterocycles. The number of pyridine rings is 1. The van der Waals surface area contributed by atoms with Crippen LogP contribution in [0, 0.1) is 0 Å². The van der Waals surface area contributed by atoms with Crippen molar-refractivity contribution in [3.05, 3.63) is 65.1 Å². The van der Waals surface area contributed by atoms with E-state index in [-0.39, 0.29) is 9.79 Å². The van der Waals surface area contributed by atoms with Crippen molar-refractivity contribution in [3.8, 4) is 11.1 Å². The molecule has 0 radical (unpaired) electrons. The van der Waals surface area contributed by atoms with E-state index in [9.17, 15) is 4.21 Å². The van der Waals surface area contributed by atoms with Gasteiger partial charge in [0.15, 0.2) is 8.32 Å². The van der Waals surface area contributed by atoms with Gasteiger partial charge in [0, 0.05) is 28.8 Å². The van der Waals surface area contributed by atoms with Gasteiger partial charge in [0.2, 0.25) is 0 Å². The fourth-order valence-electron chi connectivity index (χ4n) is 3.08. The number of benzene rings is 1. The van der Waals surface area contributed by atoms with Crippen LogP contribution in [-0.4, -0.2) is 32.5 Å². The van der Waals surface area contributed by atoms with Gasteiger partial charge in [0.05, 0.1) is 39.8 Å². The molecule has 0 aliphatic heterocycles. The first-order valence-corrected chi connectivity index (χ1v) is 17.4. The lowest BCUT2D eigenvalue weighted by atomic mass is 10.1. The van der Waals surface area contributed by atoms with Gasteiger partial charge in [-0.1, -0.05) is 50.2 Å². The van der Waals surface area contributed by atoms with Gasteiger partial charge in [0.1, 0.15) is 5.03 Å². The van der Waals surface area contributed by atoms with Crippen molar-refractivity contribution in [2.45, 2.75) is 87.5 Å². The molecule has 0 aliphatic rings.